The van der Waals surface area contributed by atoms with Gasteiger partial charge < -0.3 is 21.3 Å². The summed E-state index contributed by atoms with van der Waals surface area (Å²) >= 11 is 0. The van der Waals surface area contributed by atoms with E-state index in [0.717, 1.165) is 12.8 Å². The van der Waals surface area contributed by atoms with E-state index in [1.807, 2.05) is 0 Å². The first-order chi connectivity index (χ1) is 8.58. The highest BCUT2D eigenvalue weighted by Crippen LogP contribution is 2.19. The normalized spacial score (nSPS) is 14.1. The van der Waals surface area contributed by atoms with Crippen molar-refractivity contribution in [1.82, 2.24) is 15.3 Å². The van der Waals surface area contributed by atoms with Gasteiger partial charge >= 0.3 is 0 Å². The van der Waals surface area contributed by atoms with Crippen molar-refractivity contribution in [2.24, 2.45) is 0 Å². The number of carbonyl (C=O) groups is 1. The smallest absolute Gasteiger partial charge is 0.239 e. The molecule has 1 saturated carbocycles. The molecule has 0 aromatic carbocycles. The van der Waals surface area contributed by atoms with Crippen molar-refractivity contribution in [2.75, 3.05) is 36.6 Å². The van der Waals surface area contributed by atoms with Crippen LogP contribution in [0.25, 0.3) is 0 Å². The van der Waals surface area contributed by atoms with Crippen LogP contribution in [0.1, 0.15) is 12.8 Å². The van der Waals surface area contributed by atoms with Crippen LogP contribution in [-0.4, -0.2) is 42.6 Å². The largest absolute Gasteiger partial charge is 0.373 e. The number of carbonyl (C=O) groups excluding carboxylic acids is 1. The number of amides is 1. The summed E-state index contributed by atoms with van der Waals surface area (Å²) in [6, 6.07) is 2.12. The SMILES string of the molecule is CNc1cc(N(C)CC(=O)NC2CC2)nc(N)n1. The van der Waals surface area contributed by atoms with Crippen LogP contribution < -0.4 is 21.3 Å². The average molecular weight is 250 g/mol. The van der Waals surface area contributed by atoms with Crippen molar-refractivity contribution in [3.8, 4) is 0 Å². The van der Waals surface area contributed by atoms with Gasteiger partial charge in [0, 0.05) is 26.2 Å². The quantitative estimate of drug-likeness (QED) is 0.670. The first-order valence-electron chi connectivity index (χ1n) is 5.91. The summed E-state index contributed by atoms with van der Waals surface area (Å²) in [4.78, 5) is 21.5. The molecule has 1 aromatic rings. The number of aromatic nitrogens is 2. The van der Waals surface area contributed by atoms with Crippen molar-refractivity contribution < 1.29 is 4.79 Å². The molecule has 0 spiro atoms. The summed E-state index contributed by atoms with van der Waals surface area (Å²) in [5.74, 6) is 1.44. The third kappa shape index (κ3) is 3.22. The zero-order valence-corrected chi connectivity index (χ0v) is 10.6. The molecular weight excluding hydrogens is 232 g/mol. The van der Waals surface area contributed by atoms with Gasteiger partial charge in [0.2, 0.25) is 11.9 Å². The Balaban J connectivity index is 2.00. The number of nitrogen functional groups attached to an aromatic ring is 1. The van der Waals surface area contributed by atoms with Gasteiger partial charge in [0.25, 0.3) is 0 Å². The average Bonchev–Trinajstić information content (AvgIpc) is 3.11. The minimum Gasteiger partial charge on any atom is -0.373 e. The summed E-state index contributed by atoms with van der Waals surface area (Å²) in [7, 11) is 3.55. The number of nitrogens with one attached hydrogen (secondary N) is 2. The summed E-state index contributed by atoms with van der Waals surface area (Å²) in [6.07, 6.45) is 2.17. The van der Waals surface area contributed by atoms with E-state index in [2.05, 4.69) is 20.6 Å². The number of hydrogen-bond acceptors (Lipinski definition) is 6. The lowest BCUT2D eigenvalue weighted by Crippen LogP contribution is -2.36. The predicted octanol–water partition coefficient (Wildman–Crippen LogP) is -0.185. The van der Waals surface area contributed by atoms with Crippen LogP contribution in [0.2, 0.25) is 0 Å². The molecule has 0 atom stereocenters. The van der Waals surface area contributed by atoms with E-state index in [-0.39, 0.29) is 18.4 Å². The summed E-state index contributed by atoms with van der Waals surface area (Å²) in [5, 5.41) is 5.83. The molecule has 7 nitrogen and oxygen atoms in total. The van der Waals surface area contributed by atoms with Gasteiger partial charge in [-0.3, -0.25) is 4.79 Å². The third-order valence-electron chi connectivity index (χ3n) is 2.70. The maximum atomic E-state index is 11.7. The second kappa shape index (κ2) is 5.07. The minimum absolute atomic E-state index is 0.00295. The Kier molecular flexibility index (Phi) is 3.50. The fourth-order valence-electron chi connectivity index (χ4n) is 1.57. The standard InChI is InChI=1S/C11H18N6O/c1-13-8-5-9(16-11(12)15-8)17(2)6-10(18)14-7-3-4-7/h5,7H,3-4,6H2,1-2H3,(H,14,18)(H3,12,13,15,16). The highest BCUT2D eigenvalue weighted by atomic mass is 16.2. The van der Waals surface area contributed by atoms with Gasteiger partial charge in [-0.25, -0.2) is 0 Å². The van der Waals surface area contributed by atoms with Gasteiger partial charge in [-0.05, 0) is 12.8 Å². The molecule has 2 rings (SSSR count). The summed E-state index contributed by atoms with van der Waals surface area (Å²) in [6.45, 7) is 0.260. The van der Waals surface area contributed by atoms with Crippen LogP contribution in [0.5, 0.6) is 0 Å². The van der Waals surface area contributed by atoms with Gasteiger partial charge in [-0.2, -0.15) is 9.97 Å². The van der Waals surface area contributed by atoms with Gasteiger partial charge in [-0.1, -0.05) is 0 Å². The highest BCUT2D eigenvalue weighted by molar-refractivity contribution is 5.81. The first-order valence-corrected chi connectivity index (χ1v) is 5.91. The number of anilines is 3. The fourth-order valence-corrected chi connectivity index (χ4v) is 1.57. The Hall–Kier alpha value is -2.05. The molecule has 0 bridgehead atoms. The topological polar surface area (TPSA) is 96.2 Å². The van der Waals surface area contributed by atoms with Crippen molar-refractivity contribution in [1.29, 1.82) is 0 Å². The molecule has 0 unspecified atom stereocenters. The molecule has 1 aliphatic carbocycles. The minimum atomic E-state index is 0.00295. The molecule has 18 heavy (non-hydrogen) atoms. The van der Waals surface area contributed by atoms with Crippen LogP contribution >= 0.6 is 0 Å². The van der Waals surface area contributed by atoms with Crippen LogP contribution in [-0.2, 0) is 4.79 Å². The first kappa shape index (κ1) is 12.4. The van der Waals surface area contributed by atoms with E-state index in [0.29, 0.717) is 17.7 Å². The van der Waals surface area contributed by atoms with Crippen LogP contribution in [0.4, 0.5) is 17.6 Å². The fraction of sp³-hybridized carbons (Fsp3) is 0.545. The molecule has 1 heterocycles. The lowest BCUT2D eigenvalue weighted by atomic mass is 10.4. The second-order valence-corrected chi connectivity index (χ2v) is 4.42. The highest BCUT2D eigenvalue weighted by Gasteiger charge is 2.23. The van der Waals surface area contributed by atoms with Gasteiger partial charge in [0.05, 0.1) is 6.54 Å². The molecule has 98 valence electrons. The molecule has 0 radical (unpaired) electrons. The number of nitrogens with zero attached hydrogens (tertiary/aromatic N) is 3. The Labute approximate surface area is 106 Å². The monoisotopic (exact) mass is 250 g/mol. The van der Waals surface area contributed by atoms with Crippen LogP contribution in [0, 0.1) is 0 Å². The molecule has 0 saturated heterocycles. The van der Waals surface area contributed by atoms with E-state index in [4.69, 9.17) is 5.73 Å². The van der Waals surface area contributed by atoms with Gasteiger partial charge in [0.15, 0.2) is 0 Å². The van der Waals surface area contributed by atoms with Crippen molar-refractivity contribution in [3.05, 3.63) is 6.07 Å². The molecule has 0 aliphatic heterocycles. The number of nitrogens with two attached hydrogens (primary N) is 1. The van der Waals surface area contributed by atoms with Crippen molar-refractivity contribution in [3.63, 3.8) is 0 Å². The second-order valence-electron chi connectivity index (χ2n) is 4.42. The maximum Gasteiger partial charge on any atom is 0.239 e. The zero-order chi connectivity index (χ0) is 13.1. The van der Waals surface area contributed by atoms with E-state index in [1.54, 1.807) is 25.1 Å². The van der Waals surface area contributed by atoms with Crippen LogP contribution in [0.3, 0.4) is 0 Å². The molecule has 1 amide bonds. The Morgan fingerprint density at radius 1 is 1.56 bits per heavy atom. The molecular formula is C11H18N6O. The van der Waals surface area contributed by atoms with Crippen molar-refractivity contribution >= 4 is 23.5 Å². The summed E-state index contributed by atoms with van der Waals surface area (Å²) < 4.78 is 0. The van der Waals surface area contributed by atoms with Gasteiger partial charge in [0.1, 0.15) is 11.6 Å². The Morgan fingerprint density at radius 2 is 2.28 bits per heavy atom. The van der Waals surface area contributed by atoms with E-state index < -0.39 is 0 Å². The Morgan fingerprint density at radius 3 is 2.89 bits per heavy atom. The summed E-state index contributed by atoms with van der Waals surface area (Å²) in [5.41, 5.74) is 5.60. The molecule has 7 heteroatoms. The number of rotatable bonds is 5. The van der Waals surface area contributed by atoms with E-state index in [9.17, 15) is 4.79 Å². The molecule has 1 fully saturated rings. The lowest BCUT2D eigenvalue weighted by molar-refractivity contribution is -0.119. The Bertz CT molecular complexity index is 445. The maximum absolute atomic E-state index is 11.7. The third-order valence-corrected chi connectivity index (χ3v) is 2.70. The number of hydrogen-bond donors (Lipinski definition) is 3. The van der Waals surface area contributed by atoms with E-state index in [1.165, 1.54) is 0 Å². The zero-order valence-electron chi connectivity index (χ0n) is 10.6. The van der Waals surface area contributed by atoms with Gasteiger partial charge in [-0.15, -0.1) is 0 Å². The van der Waals surface area contributed by atoms with Crippen molar-refractivity contribution in [2.45, 2.75) is 18.9 Å². The van der Waals surface area contributed by atoms with Crippen LogP contribution in [0.15, 0.2) is 6.07 Å². The molecule has 4 N–H and O–H groups in total. The molecule has 1 aliphatic rings. The molecule has 1 aromatic heterocycles. The van der Waals surface area contributed by atoms with E-state index >= 15 is 0 Å². The number of likely N-dealkylation sites (N-methyl/N-ethyl adjacent to an activating group) is 1. The lowest BCUT2D eigenvalue weighted by Gasteiger charge is -2.18. The predicted molar refractivity (Wildman–Crippen MR) is 70.4 cm³/mol.